The summed E-state index contributed by atoms with van der Waals surface area (Å²) in [7, 11) is 3.96. The van der Waals surface area contributed by atoms with E-state index in [1.807, 2.05) is 101 Å². The molecule has 0 unspecified atom stereocenters. The van der Waals surface area contributed by atoms with Gasteiger partial charge in [-0.2, -0.15) is 0 Å². The van der Waals surface area contributed by atoms with Gasteiger partial charge in [-0.25, -0.2) is 19.9 Å². The number of rotatable bonds is 4. The topological polar surface area (TPSA) is 70.2 Å². The van der Waals surface area contributed by atoms with Gasteiger partial charge in [-0.1, -0.05) is 12.2 Å². The molecule has 0 radical (unpaired) electrons. The van der Waals surface area contributed by atoms with Crippen LogP contribution in [0, 0.1) is 3.70 Å². The van der Waals surface area contributed by atoms with Crippen LogP contribution in [0.25, 0.3) is 35.6 Å². The number of hydrogen-bond acceptors (Lipinski definition) is 4. The number of aromatic nitrogens is 8. The summed E-state index contributed by atoms with van der Waals surface area (Å²) >= 11 is 2.27. The van der Waals surface area contributed by atoms with Crippen molar-refractivity contribution in [1.82, 2.24) is 37.9 Å². The highest BCUT2D eigenvalue weighted by Crippen LogP contribution is 2.13. The van der Waals surface area contributed by atoms with Crippen molar-refractivity contribution >= 4 is 58.2 Å². The summed E-state index contributed by atoms with van der Waals surface area (Å²) in [6, 6.07) is 8.21. The predicted octanol–water partition coefficient (Wildman–Crippen LogP) is 5.08. The maximum atomic E-state index is 4.34. The highest BCUT2D eigenvalue weighted by molar-refractivity contribution is 14.1. The number of hydrogen-bond donors (Lipinski definition) is 0. The van der Waals surface area contributed by atoms with Gasteiger partial charge in [0.2, 0.25) is 0 Å². The number of aryl methyl sites for hydroxylation is 2. The first-order chi connectivity index (χ1) is 17.1. The number of nitrogens with zero attached hydrogens (tertiary/aromatic N) is 8. The Bertz CT molecular complexity index is 1650. The smallest absolute Gasteiger partial charge is 0.138 e. The predicted molar refractivity (Wildman–Crippen MR) is 147 cm³/mol. The monoisotopic (exact) mass is 574 g/mol. The molecule has 0 fully saturated rings. The Morgan fingerprint density at radius 3 is 1.89 bits per heavy atom. The van der Waals surface area contributed by atoms with Gasteiger partial charge in [0.1, 0.15) is 26.6 Å². The molecule has 9 heteroatoms. The van der Waals surface area contributed by atoms with Crippen LogP contribution in [0.1, 0.15) is 22.8 Å². The molecule has 174 valence electrons. The van der Waals surface area contributed by atoms with E-state index in [9.17, 15) is 0 Å². The third kappa shape index (κ3) is 5.24. The second-order valence-corrected chi connectivity index (χ2v) is 8.99. The first kappa shape index (κ1) is 22.8. The Morgan fingerprint density at radius 1 is 0.657 bits per heavy atom. The fourth-order valence-electron chi connectivity index (χ4n) is 3.52. The van der Waals surface area contributed by atoms with Gasteiger partial charge < -0.3 is 13.5 Å². The third-order valence-electron chi connectivity index (χ3n) is 5.48. The summed E-state index contributed by atoms with van der Waals surface area (Å²) in [5.74, 6) is 1.88. The fraction of sp³-hybridized carbons (Fsp3) is 0.0769. The van der Waals surface area contributed by atoms with Crippen LogP contribution >= 0.6 is 22.6 Å². The molecule has 6 heterocycles. The average Bonchev–Trinajstić information content (AvgIpc) is 3.66. The van der Waals surface area contributed by atoms with Gasteiger partial charge >= 0.3 is 0 Å². The van der Waals surface area contributed by atoms with Crippen molar-refractivity contribution in [2.24, 2.45) is 14.1 Å². The molecule has 6 aromatic heterocycles. The number of imidazole rings is 4. The molecule has 0 amide bonds. The van der Waals surface area contributed by atoms with E-state index in [-0.39, 0.29) is 0 Å². The Balaban J connectivity index is 0.000000145. The molecule has 35 heavy (non-hydrogen) atoms. The van der Waals surface area contributed by atoms with Crippen LogP contribution < -0.4 is 0 Å². The zero-order valence-corrected chi connectivity index (χ0v) is 21.4. The summed E-state index contributed by atoms with van der Waals surface area (Å²) in [6.07, 6.45) is 25.1. The van der Waals surface area contributed by atoms with Crippen molar-refractivity contribution in [2.45, 2.75) is 0 Å². The van der Waals surface area contributed by atoms with Crippen molar-refractivity contribution in [3.63, 3.8) is 0 Å². The van der Waals surface area contributed by atoms with E-state index in [2.05, 4.69) is 59.1 Å². The van der Waals surface area contributed by atoms with Crippen molar-refractivity contribution < 1.29 is 0 Å². The standard InChI is InChI=1S/C13H11IN4.C13H12N4/c1-17-7-5-15-12(17)3-2-10-4-6-18-11(14)9-16-13(18)8-10;1-16-8-5-14-12(16)3-2-11-4-7-17-9-6-15-13(17)10-11/h2-9H,1H3;2-10H,1H3/b2*3-2+. The molecule has 0 aliphatic rings. The normalized spacial score (nSPS) is 11.6. The van der Waals surface area contributed by atoms with Crippen molar-refractivity contribution in [3.05, 3.63) is 107 Å². The Hall–Kier alpha value is -3.99. The molecule has 0 aliphatic heterocycles. The maximum Gasteiger partial charge on any atom is 0.138 e. The largest absolute Gasteiger partial charge is 0.335 e. The first-order valence-corrected chi connectivity index (χ1v) is 12.0. The Morgan fingerprint density at radius 2 is 1.26 bits per heavy atom. The molecule has 0 atom stereocenters. The quantitative estimate of drug-likeness (QED) is 0.276. The lowest BCUT2D eigenvalue weighted by molar-refractivity contribution is 0.898. The fourth-order valence-corrected chi connectivity index (χ4v) is 4.06. The van der Waals surface area contributed by atoms with Crippen LogP contribution in [0.5, 0.6) is 0 Å². The van der Waals surface area contributed by atoms with E-state index in [0.29, 0.717) is 0 Å². The molecule has 6 rings (SSSR count). The minimum Gasteiger partial charge on any atom is -0.335 e. The van der Waals surface area contributed by atoms with Crippen LogP contribution in [0.15, 0.2) is 80.0 Å². The van der Waals surface area contributed by atoms with Crippen LogP contribution in [0.3, 0.4) is 0 Å². The van der Waals surface area contributed by atoms with Gasteiger partial charge in [0.25, 0.3) is 0 Å². The third-order valence-corrected chi connectivity index (χ3v) is 6.28. The number of halogens is 1. The summed E-state index contributed by atoms with van der Waals surface area (Å²) < 4.78 is 9.11. The summed E-state index contributed by atoms with van der Waals surface area (Å²) in [6.45, 7) is 0. The molecule has 0 saturated heterocycles. The first-order valence-electron chi connectivity index (χ1n) is 10.9. The van der Waals surface area contributed by atoms with Gasteiger partial charge in [0, 0.05) is 63.7 Å². The maximum absolute atomic E-state index is 4.34. The van der Waals surface area contributed by atoms with E-state index in [4.69, 9.17) is 0 Å². The average molecular weight is 574 g/mol. The van der Waals surface area contributed by atoms with E-state index < -0.39 is 0 Å². The summed E-state index contributed by atoms with van der Waals surface area (Å²) in [5.41, 5.74) is 4.15. The van der Waals surface area contributed by atoms with E-state index in [1.54, 1.807) is 18.6 Å². The van der Waals surface area contributed by atoms with Crippen LogP contribution in [-0.2, 0) is 14.1 Å². The molecule has 0 N–H and O–H groups in total. The van der Waals surface area contributed by atoms with Gasteiger partial charge in [0.05, 0.1) is 6.20 Å². The van der Waals surface area contributed by atoms with E-state index in [1.165, 1.54) is 0 Å². The molecule has 0 saturated carbocycles. The van der Waals surface area contributed by atoms with Crippen molar-refractivity contribution in [1.29, 1.82) is 0 Å². The van der Waals surface area contributed by atoms with Crippen LogP contribution in [0.2, 0.25) is 0 Å². The second kappa shape index (κ2) is 10.1. The molecule has 8 nitrogen and oxygen atoms in total. The molecular weight excluding hydrogens is 551 g/mol. The van der Waals surface area contributed by atoms with Gasteiger partial charge in [0.15, 0.2) is 0 Å². The molecule has 0 aromatic carbocycles. The lowest BCUT2D eigenvalue weighted by Crippen LogP contribution is -1.89. The zero-order chi connectivity index (χ0) is 24.2. The minimum atomic E-state index is 0.938. The van der Waals surface area contributed by atoms with Crippen molar-refractivity contribution in [2.75, 3.05) is 0 Å². The van der Waals surface area contributed by atoms with Crippen LogP contribution in [-0.4, -0.2) is 37.9 Å². The molecule has 0 aliphatic carbocycles. The molecular formula is C26H23IN8. The van der Waals surface area contributed by atoms with Crippen molar-refractivity contribution in [3.8, 4) is 0 Å². The zero-order valence-electron chi connectivity index (χ0n) is 19.3. The molecule has 6 aromatic rings. The summed E-state index contributed by atoms with van der Waals surface area (Å²) in [5, 5.41) is 0. The number of pyridine rings is 2. The van der Waals surface area contributed by atoms with Gasteiger partial charge in [-0.05, 0) is 70.1 Å². The Kier molecular flexibility index (Phi) is 6.57. The number of fused-ring (bicyclic) bond motifs is 2. The van der Waals surface area contributed by atoms with Gasteiger partial charge in [-0.3, -0.25) is 4.40 Å². The second-order valence-electron chi connectivity index (χ2n) is 7.88. The lowest BCUT2D eigenvalue weighted by atomic mass is 10.2. The van der Waals surface area contributed by atoms with E-state index in [0.717, 1.165) is 37.8 Å². The highest BCUT2D eigenvalue weighted by Gasteiger charge is 2.00. The lowest BCUT2D eigenvalue weighted by Gasteiger charge is -1.98. The Labute approximate surface area is 216 Å². The minimum absolute atomic E-state index is 0.938. The van der Waals surface area contributed by atoms with E-state index >= 15 is 0 Å². The molecule has 0 spiro atoms. The van der Waals surface area contributed by atoms with Gasteiger partial charge in [-0.15, -0.1) is 0 Å². The highest BCUT2D eigenvalue weighted by atomic mass is 127. The molecule has 0 bridgehead atoms. The SMILES string of the molecule is Cn1ccnc1/C=C/c1ccn2c(I)cnc2c1.Cn1ccnc1/C=C/c1ccn2ccnc2c1. The summed E-state index contributed by atoms with van der Waals surface area (Å²) in [4.78, 5) is 17.1. The van der Waals surface area contributed by atoms with Crippen LogP contribution in [0.4, 0.5) is 0 Å².